The highest BCUT2D eigenvalue weighted by Crippen LogP contribution is 2.48. The number of ether oxygens (including phenoxy) is 2. The van der Waals surface area contributed by atoms with E-state index in [2.05, 4.69) is 28.8 Å². The summed E-state index contributed by atoms with van der Waals surface area (Å²) in [7, 11) is -0.774. The van der Waals surface area contributed by atoms with Gasteiger partial charge in [0.2, 0.25) is 0 Å². The van der Waals surface area contributed by atoms with E-state index in [0.717, 1.165) is 33.9 Å². The Morgan fingerprint density at radius 3 is 2.45 bits per heavy atom. The number of carbonyl (C=O) groups excluding carboxylic acids is 1. The lowest BCUT2D eigenvalue weighted by Crippen LogP contribution is -2.46. The Bertz CT molecular complexity index is 1660. The number of para-hydroxylation sites is 2. The van der Waals surface area contributed by atoms with Gasteiger partial charge in [-0.3, -0.25) is 0 Å². The maximum atomic E-state index is 17.4. The molecule has 0 saturated heterocycles. The third kappa shape index (κ3) is 8.12. The monoisotopic (exact) mass is 670 g/mol. The Balaban J connectivity index is 1.31. The van der Waals surface area contributed by atoms with Crippen LogP contribution in [0.2, 0.25) is 0 Å². The molecule has 2 atom stereocenters. The van der Waals surface area contributed by atoms with Gasteiger partial charge in [-0.2, -0.15) is 12.7 Å². The first-order valence-corrected chi connectivity index (χ1v) is 18.3. The molecule has 5 rings (SSSR count). The zero-order valence-corrected chi connectivity index (χ0v) is 29.5. The fraction of sp³-hybridized carbons (Fsp3) is 0.583. The van der Waals surface area contributed by atoms with Crippen molar-refractivity contribution in [1.29, 1.82) is 0 Å². The van der Waals surface area contributed by atoms with Crippen molar-refractivity contribution in [3.63, 3.8) is 0 Å². The van der Waals surface area contributed by atoms with E-state index in [1.165, 1.54) is 37.3 Å². The lowest BCUT2D eigenvalue weighted by molar-refractivity contribution is -0.00433. The molecule has 0 bridgehead atoms. The Morgan fingerprint density at radius 1 is 1.04 bits per heavy atom. The number of likely N-dealkylation sites (N-methyl/N-ethyl adjacent to an activating group) is 2. The zero-order chi connectivity index (χ0) is 34.0. The minimum Gasteiger partial charge on any atom is -0.487 e. The number of alkyl halides is 1. The number of nitrogens with one attached hydrogen (secondary N) is 1. The van der Waals surface area contributed by atoms with E-state index in [-0.39, 0.29) is 19.5 Å². The van der Waals surface area contributed by atoms with Crippen LogP contribution in [0.25, 0.3) is 22.2 Å². The molecule has 2 unspecified atom stereocenters. The fourth-order valence-electron chi connectivity index (χ4n) is 6.99. The van der Waals surface area contributed by atoms with Crippen LogP contribution in [0.3, 0.4) is 0 Å². The normalized spacial score (nSPS) is 20.7. The van der Waals surface area contributed by atoms with E-state index in [0.29, 0.717) is 31.2 Å². The number of aromatic nitrogens is 1. The van der Waals surface area contributed by atoms with E-state index in [1.807, 2.05) is 47.9 Å². The number of nitrogens with zero attached hydrogens (tertiary/aromatic N) is 3. The number of hydrogen-bond acceptors (Lipinski definition) is 6. The predicted molar refractivity (Wildman–Crippen MR) is 185 cm³/mol. The first-order valence-electron chi connectivity index (χ1n) is 16.9. The third-order valence-electron chi connectivity index (χ3n) is 9.57. The van der Waals surface area contributed by atoms with Gasteiger partial charge in [0.15, 0.2) is 5.67 Å². The van der Waals surface area contributed by atoms with Crippen molar-refractivity contribution in [1.82, 2.24) is 18.5 Å². The first-order chi connectivity index (χ1) is 22.2. The van der Waals surface area contributed by atoms with E-state index >= 15 is 4.39 Å². The van der Waals surface area contributed by atoms with Crippen molar-refractivity contribution in [2.45, 2.75) is 102 Å². The summed E-state index contributed by atoms with van der Waals surface area (Å²) < 4.78 is 59.4. The number of halogens is 1. The molecule has 1 aromatic heterocycles. The summed E-state index contributed by atoms with van der Waals surface area (Å²) in [6.45, 7) is 8.12. The number of hydrogen-bond donors (Lipinski definition) is 1. The molecule has 1 N–H and O–H groups in total. The van der Waals surface area contributed by atoms with Gasteiger partial charge in [0, 0.05) is 36.6 Å². The maximum absolute atomic E-state index is 17.4. The average molecular weight is 671 g/mol. The molecule has 0 spiro atoms. The summed E-state index contributed by atoms with van der Waals surface area (Å²) in [5.74, 6) is 1.14. The minimum absolute atomic E-state index is 0.147. The van der Waals surface area contributed by atoms with Crippen LogP contribution in [0.5, 0.6) is 5.75 Å². The second-order valence-corrected chi connectivity index (χ2v) is 16.1. The standard InChI is InChI=1S/C36H51FN4O5S/c1-26-36(37,21-14-22-39(5)23-24-40(6)47(43,44)38-34(42)46-35(2,3)4)25-41-30-19-12-10-17-28(30)32(27-15-8-7-9-16-27)33(41)29-18-11-13-20-31(29)45-26/h10-13,17-20,26-27H,7-9,14-16,21-25H2,1-6H3,(H,38,42). The number of carbonyl (C=O) groups is 1. The fourth-order valence-corrected chi connectivity index (χ4v) is 7.72. The summed E-state index contributed by atoms with van der Waals surface area (Å²) >= 11 is 0. The highest BCUT2D eigenvalue weighted by Gasteiger charge is 2.42. The molecule has 0 radical (unpaired) electrons. The van der Waals surface area contributed by atoms with E-state index in [4.69, 9.17) is 9.47 Å². The van der Waals surface area contributed by atoms with Crippen LogP contribution < -0.4 is 9.46 Å². The van der Waals surface area contributed by atoms with Gasteiger partial charge < -0.3 is 18.9 Å². The Labute approximate surface area is 279 Å². The van der Waals surface area contributed by atoms with E-state index < -0.39 is 33.7 Å². The van der Waals surface area contributed by atoms with Crippen molar-refractivity contribution in [2.24, 2.45) is 0 Å². The van der Waals surface area contributed by atoms with Gasteiger partial charge in [-0.05, 0) is 96.7 Å². The molecule has 1 saturated carbocycles. The number of amides is 1. The maximum Gasteiger partial charge on any atom is 0.422 e. The topological polar surface area (TPSA) is 93.1 Å². The number of fused-ring (bicyclic) bond motifs is 5. The smallest absolute Gasteiger partial charge is 0.422 e. The average Bonchev–Trinajstić information content (AvgIpc) is 3.31. The molecule has 1 amide bonds. The number of benzene rings is 2. The molecule has 2 aromatic carbocycles. The molecule has 3 aromatic rings. The second kappa shape index (κ2) is 14.1. The largest absolute Gasteiger partial charge is 0.487 e. The van der Waals surface area contributed by atoms with Crippen molar-refractivity contribution in [3.05, 3.63) is 54.1 Å². The minimum atomic E-state index is -4.06. The van der Waals surface area contributed by atoms with Crippen molar-refractivity contribution < 1.29 is 27.1 Å². The molecule has 2 heterocycles. The van der Waals surface area contributed by atoms with Crippen molar-refractivity contribution in [2.75, 3.05) is 33.7 Å². The Hall–Kier alpha value is -3.15. The molecule has 47 heavy (non-hydrogen) atoms. The summed E-state index contributed by atoms with van der Waals surface area (Å²) in [6.07, 6.45) is 5.09. The summed E-state index contributed by atoms with van der Waals surface area (Å²) in [6, 6.07) is 16.5. The summed E-state index contributed by atoms with van der Waals surface area (Å²) in [4.78, 5) is 14.0. The summed E-state index contributed by atoms with van der Waals surface area (Å²) in [5, 5.41) is 1.21. The molecular formula is C36H51FN4O5S. The summed E-state index contributed by atoms with van der Waals surface area (Å²) in [5.41, 5.74) is 2.04. The molecular weight excluding hydrogens is 619 g/mol. The molecule has 1 aliphatic heterocycles. The van der Waals surface area contributed by atoms with Gasteiger partial charge >= 0.3 is 16.3 Å². The zero-order valence-electron chi connectivity index (χ0n) is 28.7. The molecule has 1 fully saturated rings. The Morgan fingerprint density at radius 2 is 1.72 bits per heavy atom. The van der Waals surface area contributed by atoms with Gasteiger partial charge in [0.25, 0.3) is 0 Å². The lowest BCUT2D eigenvalue weighted by atomic mass is 9.81. The molecule has 11 heteroatoms. The molecule has 9 nitrogen and oxygen atoms in total. The quantitative estimate of drug-likeness (QED) is 0.244. The van der Waals surface area contributed by atoms with Crippen LogP contribution in [-0.2, 0) is 21.5 Å². The van der Waals surface area contributed by atoms with Crippen LogP contribution in [0.1, 0.15) is 84.1 Å². The van der Waals surface area contributed by atoms with E-state index in [9.17, 15) is 13.2 Å². The van der Waals surface area contributed by atoms with Crippen LogP contribution in [0.4, 0.5) is 9.18 Å². The lowest BCUT2D eigenvalue weighted by Gasteiger charge is -2.36. The number of rotatable bonds is 10. The Kier molecular flexibility index (Phi) is 10.6. The highest BCUT2D eigenvalue weighted by molar-refractivity contribution is 7.87. The highest BCUT2D eigenvalue weighted by atomic mass is 32.2. The van der Waals surface area contributed by atoms with Crippen LogP contribution in [0.15, 0.2) is 48.5 Å². The van der Waals surface area contributed by atoms with Gasteiger partial charge in [0.05, 0.1) is 12.2 Å². The van der Waals surface area contributed by atoms with Crippen LogP contribution in [0, 0.1) is 0 Å². The molecule has 2 aliphatic rings. The van der Waals surface area contributed by atoms with Crippen molar-refractivity contribution >= 4 is 27.2 Å². The molecule has 1 aliphatic carbocycles. The predicted octanol–water partition coefficient (Wildman–Crippen LogP) is 7.26. The van der Waals surface area contributed by atoms with Crippen LogP contribution >= 0.6 is 0 Å². The first kappa shape index (κ1) is 35.2. The van der Waals surface area contributed by atoms with Crippen molar-refractivity contribution in [3.8, 4) is 17.0 Å². The second-order valence-electron chi connectivity index (χ2n) is 14.3. The third-order valence-corrected chi connectivity index (χ3v) is 11.0. The van der Waals surface area contributed by atoms with Gasteiger partial charge in [-0.1, -0.05) is 49.6 Å². The molecule has 258 valence electrons. The van der Waals surface area contributed by atoms with E-state index in [1.54, 1.807) is 20.8 Å². The SMILES string of the molecule is CC1Oc2ccccc2-c2c(C3CCCCC3)c3ccccc3n2CC1(F)CCCN(C)CCN(C)S(=O)(=O)NC(=O)OC(C)(C)C. The van der Waals surface area contributed by atoms with Gasteiger partial charge in [0.1, 0.15) is 17.5 Å². The van der Waals surface area contributed by atoms with Gasteiger partial charge in [-0.15, -0.1) is 0 Å². The van der Waals surface area contributed by atoms with Crippen LogP contribution in [-0.4, -0.2) is 79.4 Å². The van der Waals surface area contributed by atoms with Gasteiger partial charge in [-0.25, -0.2) is 13.9 Å².